The molecule has 0 aromatic carbocycles. The number of rotatable bonds is 9. The summed E-state index contributed by atoms with van der Waals surface area (Å²) in [6.07, 6.45) is 4.79. The summed E-state index contributed by atoms with van der Waals surface area (Å²) >= 11 is 0. The fourth-order valence-electron chi connectivity index (χ4n) is 2.63. The quantitative estimate of drug-likeness (QED) is 0.687. The van der Waals surface area contributed by atoms with E-state index < -0.39 is 0 Å². The van der Waals surface area contributed by atoms with Crippen LogP contribution in [0.1, 0.15) is 45.7 Å². The van der Waals surface area contributed by atoms with Crippen molar-refractivity contribution in [2.75, 3.05) is 27.2 Å². The number of carbonyl (C=O) groups excluding carboxylic acids is 2. The summed E-state index contributed by atoms with van der Waals surface area (Å²) in [5.74, 6) is 0.00477. The topological polar surface area (TPSA) is 48.8 Å². The summed E-state index contributed by atoms with van der Waals surface area (Å²) in [4.78, 5) is 30.5. The van der Waals surface area contributed by atoms with Gasteiger partial charge in [0.25, 0.3) is 0 Å². The van der Waals surface area contributed by atoms with Crippen molar-refractivity contribution in [1.29, 1.82) is 0 Å². The number of aromatic nitrogens is 1. The highest BCUT2D eigenvalue weighted by Gasteiger charge is 2.25. The van der Waals surface area contributed by atoms with Gasteiger partial charge in [-0.25, -0.2) is 4.79 Å². The molecule has 0 bridgehead atoms. The van der Waals surface area contributed by atoms with E-state index in [9.17, 15) is 9.59 Å². The van der Waals surface area contributed by atoms with Gasteiger partial charge in [-0.05, 0) is 31.9 Å². The molecule has 1 aromatic rings. The van der Waals surface area contributed by atoms with E-state index in [-0.39, 0.29) is 24.5 Å². The van der Waals surface area contributed by atoms with Crippen LogP contribution in [0.3, 0.4) is 0 Å². The third-order valence-electron chi connectivity index (χ3n) is 4.60. The van der Waals surface area contributed by atoms with Crippen LogP contribution in [-0.4, -0.2) is 64.4 Å². The molecule has 0 spiro atoms. The van der Waals surface area contributed by atoms with Crippen LogP contribution in [0, 0.1) is 0 Å². The molecule has 1 unspecified atom stereocenters. The first-order valence-corrected chi connectivity index (χ1v) is 9.17. The minimum Gasteiger partial charge on any atom is -0.353 e. The average Bonchev–Trinajstić information content (AvgIpc) is 2.99. The maximum atomic E-state index is 12.9. The Bertz CT molecular complexity index is 553. The molecule has 1 heterocycles. The van der Waals surface area contributed by atoms with E-state index in [4.69, 9.17) is 0 Å². The van der Waals surface area contributed by atoms with Crippen LogP contribution in [0.5, 0.6) is 0 Å². The fourth-order valence-corrected chi connectivity index (χ4v) is 2.63. The number of aryl methyl sites for hydroxylation is 1. The molecule has 1 aromatic heterocycles. The Hall–Kier alpha value is -1.98. The number of amides is 3. The molecule has 0 saturated carbocycles. The van der Waals surface area contributed by atoms with Gasteiger partial charge >= 0.3 is 6.03 Å². The zero-order valence-electron chi connectivity index (χ0n) is 16.7. The van der Waals surface area contributed by atoms with Crippen LogP contribution in [0.25, 0.3) is 0 Å². The zero-order chi connectivity index (χ0) is 19.0. The Morgan fingerprint density at radius 1 is 1.24 bits per heavy atom. The molecule has 6 nitrogen and oxygen atoms in total. The van der Waals surface area contributed by atoms with E-state index in [1.165, 1.54) is 4.90 Å². The van der Waals surface area contributed by atoms with Crippen molar-refractivity contribution < 1.29 is 9.59 Å². The van der Waals surface area contributed by atoms with Crippen molar-refractivity contribution in [3.8, 4) is 0 Å². The largest absolute Gasteiger partial charge is 0.353 e. The van der Waals surface area contributed by atoms with E-state index >= 15 is 0 Å². The van der Waals surface area contributed by atoms with Crippen LogP contribution < -0.4 is 0 Å². The lowest BCUT2D eigenvalue weighted by Gasteiger charge is -2.33. The molecule has 0 saturated heterocycles. The predicted octanol–water partition coefficient (Wildman–Crippen LogP) is 2.94. The molecule has 25 heavy (non-hydrogen) atoms. The van der Waals surface area contributed by atoms with Crippen molar-refractivity contribution in [1.82, 2.24) is 19.3 Å². The van der Waals surface area contributed by atoms with Crippen molar-refractivity contribution in [2.45, 2.75) is 52.6 Å². The lowest BCUT2D eigenvalue weighted by atomic mass is 10.2. The van der Waals surface area contributed by atoms with Gasteiger partial charge in [0.2, 0.25) is 5.91 Å². The van der Waals surface area contributed by atoms with Crippen LogP contribution >= 0.6 is 0 Å². The van der Waals surface area contributed by atoms with Gasteiger partial charge in [0, 0.05) is 45.6 Å². The Morgan fingerprint density at radius 2 is 1.92 bits per heavy atom. The Kier molecular flexibility index (Phi) is 8.52. The highest BCUT2D eigenvalue weighted by Crippen LogP contribution is 2.11. The third kappa shape index (κ3) is 6.11. The number of hydrogen-bond acceptors (Lipinski definition) is 2. The van der Waals surface area contributed by atoms with Gasteiger partial charge in [-0.2, -0.15) is 0 Å². The predicted molar refractivity (Wildman–Crippen MR) is 101 cm³/mol. The molecule has 6 heteroatoms. The smallest absolute Gasteiger partial charge is 0.320 e. The van der Waals surface area contributed by atoms with Crippen molar-refractivity contribution in [3.05, 3.63) is 24.0 Å². The molecular weight excluding hydrogens is 316 g/mol. The molecule has 1 rings (SSSR count). The van der Waals surface area contributed by atoms with Gasteiger partial charge in [-0.15, -0.1) is 0 Å². The second-order valence-corrected chi connectivity index (χ2v) is 6.84. The Morgan fingerprint density at radius 3 is 2.40 bits per heavy atom. The molecular formula is C19H34N4O2. The highest BCUT2D eigenvalue weighted by atomic mass is 16.2. The van der Waals surface area contributed by atoms with E-state index in [2.05, 4.69) is 6.92 Å². The summed E-state index contributed by atoms with van der Waals surface area (Å²) in [7, 11) is 5.43. The lowest BCUT2D eigenvalue weighted by molar-refractivity contribution is -0.133. The summed E-state index contributed by atoms with van der Waals surface area (Å²) in [6, 6.07) is 3.93. The molecule has 0 radical (unpaired) electrons. The standard InChI is InChI=1S/C19H34N4O2/c1-7-9-13-22(14-17-11-10-12-21(17)6)18(24)15-23(16(3)8-2)19(25)20(4)5/h10-12,16H,7-9,13-15H2,1-6H3. The second kappa shape index (κ2) is 10.1. The van der Waals surface area contributed by atoms with E-state index in [1.54, 1.807) is 19.0 Å². The van der Waals surface area contributed by atoms with Crippen LogP contribution in [0.15, 0.2) is 18.3 Å². The van der Waals surface area contributed by atoms with Gasteiger partial charge in [0.1, 0.15) is 6.54 Å². The second-order valence-electron chi connectivity index (χ2n) is 6.84. The summed E-state index contributed by atoms with van der Waals surface area (Å²) in [6.45, 7) is 7.55. The van der Waals surface area contributed by atoms with E-state index in [0.717, 1.165) is 25.0 Å². The minimum absolute atomic E-state index is 0.00477. The number of unbranched alkanes of at least 4 members (excludes halogenated alkanes) is 1. The lowest BCUT2D eigenvalue weighted by Crippen LogP contribution is -2.50. The normalized spacial score (nSPS) is 11.9. The molecule has 1 atom stereocenters. The van der Waals surface area contributed by atoms with Crippen molar-refractivity contribution in [2.24, 2.45) is 7.05 Å². The fraction of sp³-hybridized carbons (Fsp3) is 0.684. The summed E-state index contributed by atoms with van der Waals surface area (Å²) in [5, 5.41) is 0. The average molecular weight is 351 g/mol. The highest BCUT2D eigenvalue weighted by molar-refractivity contribution is 5.84. The molecule has 0 N–H and O–H groups in total. The molecule has 0 fully saturated rings. The molecule has 0 aliphatic rings. The van der Waals surface area contributed by atoms with Crippen LogP contribution in [-0.2, 0) is 18.4 Å². The zero-order valence-corrected chi connectivity index (χ0v) is 16.7. The molecule has 0 aliphatic carbocycles. The van der Waals surface area contributed by atoms with Crippen molar-refractivity contribution >= 4 is 11.9 Å². The number of hydrogen-bond donors (Lipinski definition) is 0. The first kappa shape index (κ1) is 21.1. The van der Waals surface area contributed by atoms with Crippen LogP contribution in [0.2, 0.25) is 0 Å². The summed E-state index contributed by atoms with van der Waals surface area (Å²) < 4.78 is 2.03. The van der Waals surface area contributed by atoms with Gasteiger partial charge in [0.15, 0.2) is 0 Å². The number of nitrogens with zero attached hydrogens (tertiary/aromatic N) is 4. The van der Waals surface area contributed by atoms with E-state index in [1.807, 2.05) is 48.7 Å². The maximum absolute atomic E-state index is 12.9. The molecule has 3 amide bonds. The monoisotopic (exact) mass is 350 g/mol. The third-order valence-corrected chi connectivity index (χ3v) is 4.60. The minimum atomic E-state index is -0.114. The SMILES string of the molecule is CCCCN(Cc1cccn1C)C(=O)CN(C(=O)N(C)C)C(C)CC. The first-order chi connectivity index (χ1) is 11.8. The van der Waals surface area contributed by atoms with Crippen molar-refractivity contribution in [3.63, 3.8) is 0 Å². The maximum Gasteiger partial charge on any atom is 0.320 e. The van der Waals surface area contributed by atoms with Gasteiger partial charge < -0.3 is 19.3 Å². The van der Waals surface area contributed by atoms with Gasteiger partial charge in [-0.3, -0.25) is 4.79 Å². The number of urea groups is 1. The Balaban J connectivity index is 2.90. The van der Waals surface area contributed by atoms with Gasteiger partial charge in [-0.1, -0.05) is 20.3 Å². The first-order valence-electron chi connectivity index (χ1n) is 9.17. The summed E-state index contributed by atoms with van der Waals surface area (Å²) in [5.41, 5.74) is 1.10. The molecule has 142 valence electrons. The molecule has 0 aliphatic heterocycles. The van der Waals surface area contributed by atoms with E-state index in [0.29, 0.717) is 13.1 Å². The Labute approximate surface area is 152 Å². The van der Waals surface area contributed by atoms with Gasteiger partial charge in [0.05, 0.1) is 6.54 Å². The number of carbonyl (C=O) groups is 2. The van der Waals surface area contributed by atoms with Crippen LogP contribution in [0.4, 0.5) is 4.79 Å².